The first-order valence-corrected chi connectivity index (χ1v) is 10.6. The topological polar surface area (TPSA) is 58.6 Å². The Kier molecular flexibility index (Phi) is 5.61. The van der Waals surface area contributed by atoms with Crippen LogP contribution in [0.1, 0.15) is 50.7 Å². The van der Waals surface area contributed by atoms with Crippen LogP contribution in [0.25, 0.3) is 5.57 Å². The Bertz CT molecular complexity index is 919. The number of hydrogen-bond acceptors (Lipinski definition) is 4. The van der Waals surface area contributed by atoms with Crippen molar-refractivity contribution in [3.63, 3.8) is 0 Å². The van der Waals surface area contributed by atoms with E-state index in [4.69, 9.17) is 4.74 Å². The molecule has 0 bridgehead atoms. The summed E-state index contributed by atoms with van der Waals surface area (Å²) in [5.74, 6) is 1.24. The Morgan fingerprint density at radius 1 is 1.24 bits per heavy atom. The maximum absolute atomic E-state index is 12.0. The molecule has 0 spiro atoms. The molecule has 4 nitrogen and oxygen atoms in total. The first-order valence-electron chi connectivity index (χ1n) is 10.6. The minimum atomic E-state index is 0.0559. The number of allylic oxidation sites excluding steroid dienone is 1. The zero-order chi connectivity index (χ0) is 20.4. The lowest BCUT2D eigenvalue weighted by molar-refractivity contribution is -0.115. The monoisotopic (exact) mass is 391 g/mol. The van der Waals surface area contributed by atoms with Crippen molar-refractivity contribution in [2.24, 2.45) is 5.92 Å². The first-order chi connectivity index (χ1) is 14.0. The largest absolute Gasteiger partial charge is 0.507 e. The Morgan fingerprint density at radius 2 is 2.03 bits per heavy atom. The van der Waals surface area contributed by atoms with Gasteiger partial charge >= 0.3 is 0 Å². The molecule has 4 rings (SSSR count). The summed E-state index contributed by atoms with van der Waals surface area (Å²) in [6, 6.07) is 14.3. The maximum Gasteiger partial charge on any atom is 0.156 e. The van der Waals surface area contributed by atoms with Crippen LogP contribution in [0.2, 0.25) is 0 Å². The molecule has 2 aromatic carbocycles. The van der Waals surface area contributed by atoms with Crippen LogP contribution < -0.4 is 10.1 Å². The average Bonchev–Trinajstić information content (AvgIpc) is 2.68. The lowest BCUT2D eigenvalue weighted by Crippen LogP contribution is -2.34. The van der Waals surface area contributed by atoms with E-state index in [0.29, 0.717) is 12.2 Å². The van der Waals surface area contributed by atoms with Gasteiger partial charge in [-0.25, -0.2) is 0 Å². The summed E-state index contributed by atoms with van der Waals surface area (Å²) in [6.07, 6.45) is 6.21. The van der Waals surface area contributed by atoms with Gasteiger partial charge in [-0.3, -0.25) is 4.79 Å². The van der Waals surface area contributed by atoms with E-state index in [0.717, 1.165) is 42.5 Å². The van der Waals surface area contributed by atoms with E-state index >= 15 is 0 Å². The smallest absolute Gasteiger partial charge is 0.156 e. The summed E-state index contributed by atoms with van der Waals surface area (Å²) in [7, 11) is 0. The number of aromatic hydroxyl groups is 1. The highest BCUT2D eigenvalue weighted by Crippen LogP contribution is 2.47. The van der Waals surface area contributed by atoms with Crippen LogP contribution in [0, 0.1) is 5.92 Å². The predicted octanol–water partition coefficient (Wildman–Crippen LogP) is 5.36. The number of fused-ring (bicyclic) bond motifs is 3. The van der Waals surface area contributed by atoms with Crippen LogP contribution in [-0.4, -0.2) is 23.0 Å². The van der Waals surface area contributed by atoms with Gasteiger partial charge in [0.2, 0.25) is 0 Å². The number of ether oxygens (including phenoxy) is 1. The van der Waals surface area contributed by atoms with Crippen molar-refractivity contribution in [2.45, 2.75) is 58.1 Å². The summed E-state index contributed by atoms with van der Waals surface area (Å²) in [5.41, 5.74) is 3.91. The average molecular weight is 392 g/mol. The lowest BCUT2D eigenvalue weighted by atomic mass is 9.76. The quantitative estimate of drug-likeness (QED) is 0.696. The number of benzene rings is 2. The Morgan fingerprint density at radius 3 is 2.83 bits per heavy atom. The highest BCUT2D eigenvalue weighted by atomic mass is 16.5. The van der Waals surface area contributed by atoms with E-state index in [1.165, 1.54) is 5.56 Å². The van der Waals surface area contributed by atoms with Crippen LogP contribution in [0.15, 0.2) is 48.5 Å². The van der Waals surface area contributed by atoms with Crippen molar-refractivity contribution in [3.05, 3.63) is 59.7 Å². The molecular weight excluding hydrogens is 362 g/mol. The van der Waals surface area contributed by atoms with Crippen LogP contribution in [0.3, 0.4) is 0 Å². The van der Waals surface area contributed by atoms with Gasteiger partial charge in [-0.1, -0.05) is 30.3 Å². The van der Waals surface area contributed by atoms with E-state index in [9.17, 15) is 9.90 Å². The number of phenols is 1. The highest BCUT2D eigenvalue weighted by Gasteiger charge is 2.34. The second kappa shape index (κ2) is 8.32. The molecule has 0 saturated heterocycles. The van der Waals surface area contributed by atoms with Gasteiger partial charge in [0.05, 0.1) is 6.10 Å². The third-order valence-electron chi connectivity index (χ3n) is 6.04. The minimum Gasteiger partial charge on any atom is -0.507 e. The van der Waals surface area contributed by atoms with Crippen molar-refractivity contribution >= 4 is 17.0 Å². The molecule has 1 aliphatic heterocycles. The molecule has 29 heavy (non-hydrogen) atoms. The molecule has 1 heterocycles. The van der Waals surface area contributed by atoms with Gasteiger partial charge in [0.15, 0.2) is 5.78 Å². The molecule has 4 heteroatoms. The Balaban J connectivity index is 1.45. The molecule has 1 aliphatic carbocycles. The number of phenolic OH excluding ortho intramolecular Hbond substituents is 1. The van der Waals surface area contributed by atoms with E-state index in [-0.39, 0.29) is 29.6 Å². The Hall–Kier alpha value is -2.75. The summed E-state index contributed by atoms with van der Waals surface area (Å²) >= 11 is 0. The zero-order valence-electron chi connectivity index (χ0n) is 17.2. The SMILES string of the molecule is CC(CCCc1ccccc1)Oc1cc(O)c2c(c1)N[C@@H](C)C1CCC(=O)C=C21. The minimum absolute atomic E-state index is 0.0559. The van der Waals surface area contributed by atoms with Crippen LogP contribution in [0.4, 0.5) is 5.69 Å². The summed E-state index contributed by atoms with van der Waals surface area (Å²) in [6.45, 7) is 4.20. The molecule has 0 radical (unpaired) electrons. The van der Waals surface area contributed by atoms with Crippen molar-refractivity contribution in [1.82, 2.24) is 0 Å². The van der Waals surface area contributed by atoms with E-state index in [1.54, 1.807) is 12.1 Å². The van der Waals surface area contributed by atoms with Crippen molar-refractivity contribution in [1.29, 1.82) is 0 Å². The van der Waals surface area contributed by atoms with Crippen LogP contribution in [-0.2, 0) is 11.2 Å². The molecular formula is C25H29NO3. The van der Waals surface area contributed by atoms with E-state index in [1.807, 2.05) is 12.1 Å². The van der Waals surface area contributed by atoms with Gasteiger partial charge in [0.1, 0.15) is 11.5 Å². The molecule has 0 amide bonds. The van der Waals surface area contributed by atoms with E-state index < -0.39 is 0 Å². The Labute approximate surface area is 172 Å². The van der Waals surface area contributed by atoms with Crippen molar-refractivity contribution in [3.8, 4) is 11.5 Å². The molecule has 2 aliphatic rings. The molecule has 2 N–H and O–H groups in total. The first kappa shape index (κ1) is 19.6. The van der Waals surface area contributed by atoms with Gasteiger partial charge in [-0.15, -0.1) is 0 Å². The van der Waals surface area contributed by atoms with Gasteiger partial charge in [-0.05, 0) is 56.7 Å². The molecule has 2 aromatic rings. The number of ketones is 1. The highest BCUT2D eigenvalue weighted by molar-refractivity contribution is 6.02. The standard InChI is InChI=1S/C25H29NO3/c1-16(7-6-10-18-8-4-3-5-9-18)29-20-14-23-25(24(28)15-20)22-13-19(27)11-12-21(22)17(2)26-23/h3-5,8-9,13-17,21,26,28H,6-7,10-12H2,1-2H3/t16?,17-,21?/m0/s1. The molecule has 152 valence electrons. The second-order valence-corrected chi connectivity index (χ2v) is 8.32. The third-order valence-corrected chi connectivity index (χ3v) is 6.04. The summed E-state index contributed by atoms with van der Waals surface area (Å²) in [4.78, 5) is 12.0. The number of aryl methyl sites for hydroxylation is 1. The fourth-order valence-electron chi connectivity index (χ4n) is 4.54. The van der Waals surface area contributed by atoms with Gasteiger partial charge in [-0.2, -0.15) is 0 Å². The fraction of sp³-hybridized carbons (Fsp3) is 0.400. The predicted molar refractivity (Wildman–Crippen MR) is 116 cm³/mol. The molecule has 0 saturated carbocycles. The van der Waals surface area contributed by atoms with Crippen LogP contribution >= 0.6 is 0 Å². The third kappa shape index (κ3) is 4.31. The van der Waals surface area contributed by atoms with E-state index in [2.05, 4.69) is 43.4 Å². The lowest BCUT2D eigenvalue weighted by Gasteiger charge is -2.37. The molecule has 3 atom stereocenters. The zero-order valence-corrected chi connectivity index (χ0v) is 17.2. The molecule has 0 aromatic heterocycles. The summed E-state index contributed by atoms with van der Waals surface area (Å²) < 4.78 is 6.11. The fourth-order valence-corrected chi connectivity index (χ4v) is 4.54. The normalized spacial score (nSPS) is 21.4. The van der Waals surface area contributed by atoms with Crippen molar-refractivity contribution in [2.75, 3.05) is 5.32 Å². The number of carbonyl (C=O) groups excluding carboxylic acids is 1. The maximum atomic E-state index is 12.0. The number of anilines is 1. The summed E-state index contributed by atoms with van der Waals surface area (Å²) in [5, 5.41) is 14.2. The number of rotatable bonds is 6. The van der Waals surface area contributed by atoms with Gasteiger partial charge in [0, 0.05) is 41.8 Å². The molecule has 2 unspecified atom stereocenters. The number of nitrogens with one attached hydrogen (secondary N) is 1. The van der Waals surface area contributed by atoms with Gasteiger partial charge < -0.3 is 15.2 Å². The van der Waals surface area contributed by atoms with Crippen molar-refractivity contribution < 1.29 is 14.6 Å². The molecule has 0 fully saturated rings. The van der Waals surface area contributed by atoms with Gasteiger partial charge in [0.25, 0.3) is 0 Å². The number of hydrogen-bond donors (Lipinski definition) is 2. The van der Waals surface area contributed by atoms with Crippen LogP contribution in [0.5, 0.6) is 11.5 Å². The second-order valence-electron chi connectivity index (χ2n) is 8.32. The number of carbonyl (C=O) groups is 1.